The molecule has 0 N–H and O–H groups in total. The number of hydrogen-bond acceptors (Lipinski definition) is 5. The molecule has 671 valence electrons. The zero-order valence-corrected chi connectivity index (χ0v) is 80.8. The second kappa shape index (κ2) is 61.6. The summed E-state index contributed by atoms with van der Waals surface area (Å²) in [5.74, 6) is 0. The van der Waals surface area contributed by atoms with E-state index in [1.54, 1.807) is 18.2 Å². The van der Waals surface area contributed by atoms with Gasteiger partial charge in [0.15, 0.2) is 0 Å². The molecule has 5 radical (unpaired) electrons. The Morgan fingerprint density at radius 1 is 0.211 bits per heavy atom. The zero-order valence-electron chi connectivity index (χ0n) is 75.8. The number of allylic oxidation sites excluding steroid dienone is 1. The van der Waals surface area contributed by atoms with E-state index in [0.717, 1.165) is 124 Å². The fourth-order valence-corrected chi connectivity index (χ4v) is 11.7. The van der Waals surface area contributed by atoms with Gasteiger partial charge in [-0.3, -0.25) is 25.8 Å². The smallest absolute Gasteiger partial charge is 0.521 e. The monoisotopic (exact) mass is 1940 g/mol. The molecule has 0 atom stereocenters. The number of rotatable bonds is 12. The zero-order chi connectivity index (χ0) is 90.9. The van der Waals surface area contributed by atoms with Crippen molar-refractivity contribution in [3.8, 4) is 113 Å². The fraction of sp³-hybridized carbons (Fsp3) is 0.0976. The van der Waals surface area contributed by atoms with Crippen molar-refractivity contribution in [1.29, 1.82) is 0 Å². The van der Waals surface area contributed by atoms with Crippen LogP contribution in [0.25, 0.3) is 125 Å². The van der Waals surface area contributed by atoms with Crippen LogP contribution >= 0.6 is 0 Å². The molecule has 0 saturated heterocycles. The van der Waals surface area contributed by atoms with Gasteiger partial charge in [-0.05, 0) is 67.8 Å². The van der Waals surface area contributed by atoms with E-state index >= 15 is 0 Å². The topological polar surface area (TPSA) is 64.5 Å². The molecule has 18 aromatic rings. The first-order valence-corrected chi connectivity index (χ1v) is 42.1. The van der Waals surface area contributed by atoms with Crippen LogP contribution in [-0.4, -0.2) is 24.9 Å². The van der Waals surface area contributed by atoms with Crippen LogP contribution in [0.2, 0.25) is 0 Å². The van der Waals surface area contributed by atoms with E-state index in [2.05, 4.69) is 185 Å². The molecule has 0 aliphatic heterocycles. The van der Waals surface area contributed by atoms with E-state index < -0.39 is 0 Å². The molecule has 0 saturated carbocycles. The third-order valence-electron chi connectivity index (χ3n) is 18.6. The Kier molecular flexibility index (Phi) is 52.1. The van der Waals surface area contributed by atoms with Crippen LogP contribution in [0.15, 0.2) is 425 Å². The largest absolute Gasteiger partial charge is 3.00 e. The van der Waals surface area contributed by atoms with Gasteiger partial charge in [0.2, 0.25) is 0 Å². The molecular formula is C123H104N5Ni5. The van der Waals surface area contributed by atoms with Gasteiger partial charge in [-0.15, -0.1) is 383 Å². The van der Waals surface area contributed by atoms with Crippen LogP contribution in [0.3, 0.4) is 0 Å². The Morgan fingerprint density at radius 3 is 0.496 bits per heavy atom. The first kappa shape index (κ1) is 112. The van der Waals surface area contributed by atoms with Crippen LogP contribution in [0, 0.1) is 98.5 Å². The molecule has 5 nitrogen and oxygen atoms in total. The van der Waals surface area contributed by atoms with E-state index in [0.29, 0.717) is 0 Å². The summed E-state index contributed by atoms with van der Waals surface area (Å²) in [7, 11) is 0. The van der Waals surface area contributed by atoms with Gasteiger partial charge in [0, 0.05) is 0 Å². The maximum Gasteiger partial charge on any atom is 3.00 e. The molecule has 133 heavy (non-hydrogen) atoms. The molecule has 0 aliphatic rings. The van der Waals surface area contributed by atoms with Crippen molar-refractivity contribution >= 4 is 12.2 Å². The van der Waals surface area contributed by atoms with Gasteiger partial charge in [-0.2, -0.15) is 47.5 Å². The normalized spacial score (nSPS) is 9.84. The average Bonchev–Trinajstić information content (AvgIpc) is 0.804. The van der Waals surface area contributed by atoms with Gasteiger partial charge in [0.05, 0.1) is 0 Å². The molecule has 5 heterocycles. The summed E-state index contributed by atoms with van der Waals surface area (Å²) < 4.78 is 0. The van der Waals surface area contributed by atoms with Gasteiger partial charge in [0.1, 0.15) is 0 Å². The summed E-state index contributed by atoms with van der Waals surface area (Å²) in [6.45, 7) is 42.6. The Morgan fingerprint density at radius 2 is 0.376 bits per heavy atom. The van der Waals surface area contributed by atoms with E-state index in [9.17, 15) is 0 Å². The minimum Gasteiger partial charge on any atom is -0.521 e. The van der Waals surface area contributed by atoms with E-state index in [1.807, 2.05) is 394 Å². The molecule has 5 aromatic heterocycles. The van der Waals surface area contributed by atoms with E-state index in [4.69, 9.17) is 19.7 Å². The Bertz CT molecular complexity index is 5150. The second-order valence-corrected chi connectivity index (χ2v) is 31.5. The van der Waals surface area contributed by atoms with Gasteiger partial charge >= 0.3 is 82.5 Å². The molecular weight excluding hydrogens is 1840 g/mol. The average molecular weight is 1950 g/mol. The first-order valence-electron chi connectivity index (χ1n) is 42.1. The molecule has 0 spiro atoms. The number of pyridine rings is 5. The van der Waals surface area contributed by atoms with Crippen molar-refractivity contribution in [1.82, 2.24) is 24.9 Å². The van der Waals surface area contributed by atoms with Crippen molar-refractivity contribution in [3.63, 3.8) is 0 Å². The molecule has 0 aliphatic carbocycles. The second-order valence-electron chi connectivity index (χ2n) is 31.5. The molecule has 0 fully saturated rings. The van der Waals surface area contributed by atoms with Crippen molar-refractivity contribution < 1.29 is 82.5 Å². The molecule has 10 heteroatoms. The third-order valence-corrected chi connectivity index (χ3v) is 18.6. The standard InChI is InChI=1S/5C17H11N.C16H23.C8H7.C6H5.C6H11.C2H3.5Ni/c5*1-3-8-14(9-4-1)16-12-7-13-17(18-16)15-10-5-2-6-11-15;1-8-12-9-13(15(2,3)4)11-14(10-12)16(5,6)7;1-2-8-6-4-3-5-7-8;1-2-4-6-5-3-1;1-5-6(2,3)4;1-2;;;;;/h5*1-8,10,12-13H;1,8-11H,2-7H3;1-7H;1-5H;1,5H,2-4H3;1H,2H2;;;;;/q5*-2;5*-1;5*+3. The fourth-order valence-electron chi connectivity index (χ4n) is 11.7. The summed E-state index contributed by atoms with van der Waals surface area (Å²) in [6.07, 6.45) is 4.96. The Balaban J connectivity index is 0.000000317. The van der Waals surface area contributed by atoms with E-state index in [-0.39, 0.29) is 98.7 Å². The van der Waals surface area contributed by atoms with Gasteiger partial charge < -0.3 is 38.1 Å². The van der Waals surface area contributed by atoms with Gasteiger partial charge in [-0.25, -0.2) is 12.2 Å². The predicted molar refractivity (Wildman–Crippen MR) is 535 cm³/mol. The molecule has 0 unspecified atom stereocenters. The molecule has 18 rings (SSSR count). The molecule has 0 bridgehead atoms. The predicted octanol–water partition coefficient (Wildman–Crippen LogP) is 31.0. The van der Waals surface area contributed by atoms with Gasteiger partial charge in [-0.1, -0.05) is 194 Å². The Labute approximate surface area is 843 Å². The number of hydrogen-bond donors (Lipinski definition) is 0. The minimum atomic E-state index is 0. The van der Waals surface area contributed by atoms with Crippen molar-refractivity contribution in [2.75, 3.05) is 0 Å². The van der Waals surface area contributed by atoms with Crippen molar-refractivity contribution in [2.24, 2.45) is 5.41 Å². The molecule has 13 aromatic carbocycles. The number of benzene rings is 13. The van der Waals surface area contributed by atoms with Crippen molar-refractivity contribution in [3.05, 3.63) is 540 Å². The SMILES string of the molecule is [CH-]=C.[CH-]=CC(C)(C)C.[CH-]=Cc1cc(C(C)(C)C)cc(C(C)(C)C)c1.[CH-]=Cc1ccccc1.[Ni+3].[Ni+3].[Ni+3].[Ni+3].[Ni+3].[c-]1ccccc1.[c-]1ccccc1-c1cccc(-c2[c-]cccc2)n1.[c-]1ccccc1-c1cccc(-c2[c-]cccc2)n1.[c-]1ccccc1-c1cccc(-c2[c-]cccc2)n1.[c-]1ccccc1-c1cccc(-c2[c-]cccc2)n1.[c-]1ccccc1-c1cccc(-c2[c-]cccc2)n1. The van der Waals surface area contributed by atoms with Crippen LogP contribution < -0.4 is 0 Å². The quantitative estimate of drug-likeness (QED) is 0.0901. The van der Waals surface area contributed by atoms with E-state index in [1.165, 1.54) is 11.1 Å². The maximum atomic E-state index is 5.65. The van der Waals surface area contributed by atoms with Crippen LogP contribution in [0.5, 0.6) is 0 Å². The summed E-state index contributed by atoms with van der Waals surface area (Å²) in [4.78, 5) is 23.3. The summed E-state index contributed by atoms with van der Waals surface area (Å²) >= 11 is 0. The van der Waals surface area contributed by atoms with Crippen molar-refractivity contribution in [2.45, 2.75) is 73.1 Å². The number of nitrogens with zero attached hydrogens (tertiary/aromatic N) is 5. The Hall–Kier alpha value is -13.0. The molecule has 0 amide bonds. The minimum absolute atomic E-state index is 0. The third kappa shape index (κ3) is 39.9. The van der Waals surface area contributed by atoms with Gasteiger partial charge in [0.25, 0.3) is 0 Å². The maximum absolute atomic E-state index is 5.65. The number of aromatic nitrogens is 5. The van der Waals surface area contributed by atoms with Crippen LogP contribution in [0.1, 0.15) is 84.6 Å². The summed E-state index contributed by atoms with van der Waals surface area (Å²) in [6, 6.07) is 170. The van der Waals surface area contributed by atoms with Crippen LogP contribution in [-0.2, 0) is 93.3 Å². The summed E-state index contributed by atoms with van der Waals surface area (Å²) in [5, 5.41) is 0. The summed E-state index contributed by atoms with van der Waals surface area (Å²) in [5.41, 5.74) is 24.8. The first-order chi connectivity index (χ1) is 62.3. The van der Waals surface area contributed by atoms with Crippen LogP contribution in [0.4, 0.5) is 0 Å².